The van der Waals surface area contributed by atoms with Crippen LogP contribution in [0, 0.1) is 7.11 Å². The van der Waals surface area contributed by atoms with Gasteiger partial charge in [0.2, 0.25) is 0 Å². The molecule has 1 fully saturated rings. The summed E-state index contributed by atoms with van der Waals surface area (Å²) in [6.45, 7) is 4.34. The van der Waals surface area contributed by atoms with Crippen molar-refractivity contribution < 1.29 is 4.74 Å². The van der Waals surface area contributed by atoms with Gasteiger partial charge < -0.3 is 9.64 Å². The Labute approximate surface area is 56.8 Å². The molecule has 2 heteroatoms. The van der Waals surface area contributed by atoms with Gasteiger partial charge in [-0.25, -0.2) is 0 Å². The topological polar surface area (TPSA) is 12.5 Å². The molecule has 1 rings (SSSR count). The van der Waals surface area contributed by atoms with E-state index in [-0.39, 0.29) is 0 Å². The first-order valence-corrected chi connectivity index (χ1v) is 3.53. The average Bonchev–Trinajstić information content (AvgIpc) is 2.34. The highest BCUT2D eigenvalue weighted by molar-refractivity contribution is 4.64. The molecule has 0 amide bonds. The molecule has 0 saturated carbocycles. The van der Waals surface area contributed by atoms with Crippen molar-refractivity contribution in [3.8, 4) is 0 Å². The molecule has 1 saturated heterocycles. The summed E-state index contributed by atoms with van der Waals surface area (Å²) in [6.07, 6.45) is 2.72. The van der Waals surface area contributed by atoms with Crippen molar-refractivity contribution in [3.05, 3.63) is 7.11 Å². The van der Waals surface area contributed by atoms with Gasteiger partial charge in [0.05, 0.1) is 13.7 Å². The Morgan fingerprint density at radius 2 is 2.00 bits per heavy atom. The van der Waals surface area contributed by atoms with Gasteiger partial charge in [0.15, 0.2) is 0 Å². The summed E-state index contributed by atoms with van der Waals surface area (Å²) in [7, 11) is 3.32. The van der Waals surface area contributed by atoms with E-state index in [0.717, 1.165) is 13.2 Å². The molecule has 1 radical (unpaired) electrons. The van der Waals surface area contributed by atoms with Crippen molar-refractivity contribution >= 4 is 0 Å². The highest BCUT2D eigenvalue weighted by atomic mass is 16.5. The zero-order chi connectivity index (χ0) is 6.53. The van der Waals surface area contributed by atoms with E-state index >= 15 is 0 Å². The monoisotopic (exact) mass is 128 g/mol. The maximum absolute atomic E-state index is 4.71. The molecular weight excluding hydrogens is 114 g/mol. The molecule has 1 aliphatic heterocycles. The molecule has 0 aromatic rings. The second-order valence-corrected chi connectivity index (χ2v) is 2.46. The summed E-state index contributed by atoms with van der Waals surface area (Å²) >= 11 is 0. The van der Waals surface area contributed by atoms with Gasteiger partial charge in [0.25, 0.3) is 0 Å². The predicted molar refractivity (Wildman–Crippen MR) is 37.0 cm³/mol. The third-order valence-electron chi connectivity index (χ3n) is 1.75. The molecule has 0 aliphatic carbocycles. The van der Waals surface area contributed by atoms with E-state index in [0.29, 0.717) is 0 Å². The van der Waals surface area contributed by atoms with E-state index in [2.05, 4.69) is 12.0 Å². The van der Waals surface area contributed by atoms with Crippen molar-refractivity contribution in [2.45, 2.75) is 12.8 Å². The van der Waals surface area contributed by atoms with Gasteiger partial charge in [-0.3, -0.25) is 0 Å². The van der Waals surface area contributed by atoms with Gasteiger partial charge in [0, 0.05) is 6.54 Å². The van der Waals surface area contributed by atoms with Crippen LogP contribution in [0.4, 0.5) is 0 Å². The summed E-state index contributed by atoms with van der Waals surface area (Å²) in [5, 5.41) is 0. The fraction of sp³-hybridized carbons (Fsp3) is 0.857. The minimum Gasteiger partial charge on any atom is -0.378 e. The standard InChI is InChI=1S/C7H14NO/c1-9-7-6-8-4-2-3-5-8/h1-7H2. The van der Waals surface area contributed by atoms with E-state index in [1.54, 1.807) is 0 Å². The van der Waals surface area contributed by atoms with E-state index in [9.17, 15) is 0 Å². The van der Waals surface area contributed by atoms with Gasteiger partial charge in [-0.05, 0) is 25.9 Å². The molecule has 1 heterocycles. The summed E-state index contributed by atoms with van der Waals surface area (Å²) in [4.78, 5) is 2.41. The van der Waals surface area contributed by atoms with Gasteiger partial charge >= 0.3 is 0 Å². The molecule has 2 nitrogen and oxygen atoms in total. The first-order chi connectivity index (χ1) is 4.43. The zero-order valence-corrected chi connectivity index (χ0v) is 5.81. The molecule has 0 bridgehead atoms. The van der Waals surface area contributed by atoms with Crippen LogP contribution in [0.25, 0.3) is 0 Å². The van der Waals surface area contributed by atoms with E-state index in [4.69, 9.17) is 4.74 Å². The maximum Gasteiger partial charge on any atom is 0.0701 e. The molecule has 1 aliphatic rings. The Bertz CT molecular complexity index is 69.3. The highest BCUT2D eigenvalue weighted by Gasteiger charge is 2.09. The number of rotatable bonds is 3. The Morgan fingerprint density at radius 1 is 1.33 bits per heavy atom. The maximum atomic E-state index is 4.71. The summed E-state index contributed by atoms with van der Waals surface area (Å²) in [5.41, 5.74) is 0. The van der Waals surface area contributed by atoms with Crippen LogP contribution < -0.4 is 0 Å². The number of nitrogens with zero attached hydrogens (tertiary/aromatic N) is 1. The lowest BCUT2D eigenvalue weighted by molar-refractivity contribution is 0.191. The highest BCUT2D eigenvalue weighted by Crippen LogP contribution is 2.05. The molecule has 0 atom stereocenters. The third-order valence-corrected chi connectivity index (χ3v) is 1.75. The number of hydrogen-bond donors (Lipinski definition) is 0. The second-order valence-electron chi connectivity index (χ2n) is 2.46. The fourth-order valence-corrected chi connectivity index (χ4v) is 1.20. The molecule has 9 heavy (non-hydrogen) atoms. The van der Waals surface area contributed by atoms with Crippen molar-refractivity contribution in [2.24, 2.45) is 0 Å². The Kier molecular flexibility index (Phi) is 3.01. The van der Waals surface area contributed by atoms with Crippen LogP contribution in [0.3, 0.4) is 0 Å². The van der Waals surface area contributed by atoms with E-state index in [1.165, 1.54) is 25.9 Å². The number of hydrogen-bond acceptors (Lipinski definition) is 2. The minimum absolute atomic E-state index is 0.778. The van der Waals surface area contributed by atoms with Gasteiger partial charge in [-0.15, -0.1) is 0 Å². The lowest BCUT2D eigenvalue weighted by atomic mass is 10.4. The quantitative estimate of drug-likeness (QED) is 0.559. The fourth-order valence-electron chi connectivity index (χ4n) is 1.20. The molecule has 53 valence electrons. The van der Waals surface area contributed by atoms with Gasteiger partial charge in [0.1, 0.15) is 0 Å². The summed E-state index contributed by atoms with van der Waals surface area (Å²) in [5.74, 6) is 0. The lowest BCUT2D eigenvalue weighted by Gasteiger charge is -2.12. The molecule has 0 unspecified atom stereocenters. The van der Waals surface area contributed by atoms with Crippen LogP contribution in [0.5, 0.6) is 0 Å². The van der Waals surface area contributed by atoms with Gasteiger partial charge in [-0.1, -0.05) is 0 Å². The molecule has 0 aromatic carbocycles. The normalized spacial score (nSPS) is 21.0. The predicted octanol–water partition coefficient (Wildman–Crippen LogP) is 0.890. The smallest absolute Gasteiger partial charge is 0.0701 e. The minimum atomic E-state index is 0.778. The SMILES string of the molecule is [CH2]OCCN1CCCC1. The molecule has 0 N–H and O–H groups in total. The number of ether oxygens (including phenoxy) is 1. The van der Waals surface area contributed by atoms with Gasteiger partial charge in [-0.2, -0.15) is 0 Å². The first-order valence-electron chi connectivity index (χ1n) is 3.53. The summed E-state index contributed by atoms with van der Waals surface area (Å²) in [6, 6.07) is 0. The lowest BCUT2D eigenvalue weighted by Crippen LogP contribution is -2.23. The molecular formula is C7H14NO. The molecule has 0 aromatic heterocycles. The molecule has 0 spiro atoms. The Hall–Kier alpha value is -0.0800. The van der Waals surface area contributed by atoms with Crippen molar-refractivity contribution in [1.29, 1.82) is 0 Å². The number of likely N-dealkylation sites (tertiary alicyclic amines) is 1. The van der Waals surface area contributed by atoms with Crippen molar-refractivity contribution in [2.75, 3.05) is 26.2 Å². The average molecular weight is 128 g/mol. The second kappa shape index (κ2) is 3.85. The largest absolute Gasteiger partial charge is 0.378 e. The Morgan fingerprint density at radius 3 is 2.56 bits per heavy atom. The third kappa shape index (κ3) is 2.33. The summed E-state index contributed by atoms with van der Waals surface area (Å²) < 4.78 is 4.71. The first kappa shape index (κ1) is 7.03. The van der Waals surface area contributed by atoms with Crippen LogP contribution >= 0.6 is 0 Å². The van der Waals surface area contributed by atoms with Crippen LogP contribution in [0.1, 0.15) is 12.8 Å². The van der Waals surface area contributed by atoms with Crippen molar-refractivity contribution in [1.82, 2.24) is 4.90 Å². The van der Waals surface area contributed by atoms with Crippen LogP contribution in [0.15, 0.2) is 0 Å². The zero-order valence-electron chi connectivity index (χ0n) is 5.81. The van der Waals surface area contributed by atoms with Crippen LogP contribution in [0.2, 0.25) is 0 Å². The van der Waals surface area contributed by atoms with Crippen LogP contribution in [-0.2, 0) is 4.74 Å². The van der Waals surface area contributed by atoms with Crippen LogP contribution in [-0.4, -0.2) is 31.1 Å². The van der Waals surface area contributed by atoms with Crippen molar-refractivity contribution in [3.63, 3.8) is 0 Å². The van der Waals surface area contributed by atoms with E-state index < -0.39 is 0 Å². The Balaban J connectivity index is 1.98. The van der Waals surface area contributed by atoms with E-state index in [1.807, 2.05) is 0 Å².